The predicted molar refractivity (Wildman–Crippen MR) is 49.1 cm³/mol. The molecule has 0 N–H and O–H groups in total. The zero-order valence-corrected chi connectivity index (χ0v) is 8.93. The van der Waals surface area contributed by atoms with Crippen molar-refractivity contribution in [3.05, 3.63) is 0 Å². The zero-order chi connectivity index (χ0) is 9.03. The second-order valence-electron chi connectivity index (χ2n) is 3.41. The van der Waals surface area contributed by atoms with Crippen molar-refractivity contribution < 1.29 is 9.47 Å². The van der Waals surface area contributed by atoms with Crippen LogP contribution < -0.4 is 0 Å². The first-order chi connectivity index (χ1) is 5.73. The van der Waals surface area contributed by atoms with Crippen LogP contribution in [0.5, 0.6) is 0 Å². The van der Waals surface area contributed by atoms with Crippen molar-refractivity contribution in [3.8, 4) is 0 Å². The molecule has 1 fully saturated rings. The third kappa shape index (κ3) is 2.09. The van der Waals surface area contributed by atoms with Crippen molar-refractivity contribution in [2.45, 2.75) is 37.5 Å². The minimum Gasteiger partial charge on any atom is -0.358 e. The Hall–Kier alpha value is 0.137. The van der Waals surface area contributed by atoms with E-state index in [-0.39, 0.29) is 0 Å². The summed E-state index contributed by atoms with van der Waals surface area (Å²) < 4.78 is 10.6. The number of hydrogen-bond acceptors (Lipinski definition) is 2. The number of methoxy groups -OCH3 is 2. The smallest absolute Gasteiger partial charge is 0.146 e. The van der Waals surface area contributed by atoms with E-state index in [1.54, 1.807) is 14.2 Å². The minimum atomic E-state index is -0.541. The molecule has 1 aliphatic rings. The van der Waals surface area contributed by atoms with Gasteiger partial charge in [0.25, 0.3) is 0 Å². The molecular weight excluding hydrogens is 168 g/mol. The van der Waals surface area contributed by atoms with Crippen LogP contribution in [0.15, 0.2) is 0 Å². The summed E-state index contributed by atoms with van der Waals surface area (Å²) in [6.45, 7) is 0. The van der Waals surface area contributed by atoms with E-state index >= 15 is 0 Å². The van der Waals surface area contributed by atoms with Gasteiger partial charge in [0.1, 0.15) is 15.7 Å². The topological polar surface area (TPSA) is 18.5 Å². The van der Waals surface area contributed by atoms with Crippen molar-refractivity contribution >= 4 is 10.2 Å². The standard InChI is InChI=1S/C9H17O2Si/c1-10-9(12,11-2)8-6-4-3-5-7-8/h8H,3-7H2,1-2H3. The number of ether oxygens (including phenoxy) is 2. The Morgan fingerprint density at radius 3 is 2.00 bits per heavy atom. The monoisotopic (exact) mass is 185 g/mol. The largest absolute Gasteiger partial charge is 0.358 e. The Morgan fingerprint density at radius 1 is 1.08 bits per heavy atom. The second-order valence-corrected chi connectivity index (χ2v) is 4.11. The molecule has 0 aliphatic heterocycles. The lowest BCUT2D eigenvalue weighted by molar-refractivity contribution is -0.182. The molecule has 0 aromatic heterocycles. The fourth-order valence-corrected chi connectivity index (χ4v) is 2.19. The van der Waals surface area contributed by atoms with Gasteiger partial charge in [-0.3, -0.25) is 0 Å². The van der Waals surface area contributed by atoms with Gasteiger partial charge in [-0.2, -0.15) is 0 Å². The van der Waals surface area contributed by atoms with E-state index in [1.165, 1.54) is 32.1 Å². The van der Waals surface area contributed by atoms with Crippen LogP contribution in [-0.4, -0.2) is 29.9 Å². The van der Waals surface area contributed by atoms with Crippen molar-refractivity contribution in [2.75, 3.05) is 14.2 Å². The summed E-state index contributed by atoms with van der Waals surface area (Å²) >= 11 is 0. The maximum absolute atomic E-state index is 5.32. The molecule has 0 unspecified atom stereocenters. The summed E-state index contributed by atoms with van der Waals surface area (Å²) in [4.78, 5) is 0. The van der Waals surface area contributed by atoms with Gasteiger partial charge in [-0.25, -0.2) is 0 Å². The molecule has 1 saturated carbocycles. The van der Waals surface area contributed by atoms with Gasteiger partial charge in [-0.15, -0.1) is 0 Å². The van der Waals surface area contributed by atoms with Crippen molar-refractivity contribution in [1.29, 1.82) is 0 Å². The molecule has 0 saturated heterocycles. The van der Waals surface area contributed by atoms with Gasteiger partial charge in [0.2, 0.25) is 0 Å². The van der Waals surface area contributed by atoms with Crippen LogP contribution in [0.1, 0.15) is 32.1 Å². The summed E-state index contributed by atoms with van der Waals surface area (Å²) in [7, 11) is 6.93. The summed E-state index contributed by atoms with van der Waals surface area (Å²) in [5.74, 6) is 0.498. The van der Waals surface area contributed by atoms with Crippen LogP contribution in [0.4, 0.5) is 0 Å². The van der Waals surface area contributed by atoms with Gasteiger partial charge in [-0.1, -0.05) is 19.3 Å². The Morgan fingerprint density at radius 2 is 1.58 bits per heavy atom. The Labute approximate surface area is 78.1 Å². The molecule has 0 spiro atoms. The van der Waals surface area contributed by atoms with E-state index in [1.807, 2.05) is 0 Å². The Kier molecular flexibility index (Phi) is 3.74. The lowest BCUT2D eigenvalue weighted by Crippen LogP contribution is -2.43. The molecule has 0 heterocycles. The molecule has 1 aliphatic carbocycles. The van der Waals surface area contributed by atoms with Gasteiger partial charge >= 0.3 is 0 Å². The van der Waals surface area contributed by atoms with Crippen molar-refractivity contribution in [2.24, 2.45) is 5.92 Å². The van der Waals surface area contributed by atoms with E-state index in [9.17, 15) is 0 Å². The molecule has 0 atom stereocenters. The lowest BCUT2D eigenvalue weighted by Gasteiger charge is -2.37. The normalized spacial score (nSPS) is 21.2. The molecule has 0 amide bonds. The fraction of sp³-hybridized carbons (Fsp3) is 1.00. The maximum Gasteiger partial charge on any atom is 0.146 e. The first-order valence-electron chi connectivity index (χ1n) is 4.58. The Balaban J connectivity index is 2.51. The quantitative estimate of drug-likeness (QED) is 0.492. The second kappa shape index (κ2) is 4.39. The highest BCUT2D eigenvalue weighted by molar-refractivity contribution is 6.13. The van der Waals surface area contributed by atoms with E-state index in [2.05, 4.69) is 10.2 Å². The highest BCUT2D eigenvalue weighted by Crippen LogP contribution is 2.33. The van der Waals surface area contributed by atoms with Gasteiger partial charge < -0.3 is 9.47 Å². The molecule has 2 nitrogen and oxygen atoms in total. The highest BCUT2D eigenvalue weighted by Gasteiger charge is 2.34. The molecule has 69 valence electrons. The van der Waals surface area contributed by atoms with E-state index in [4.69, 9.17) is 9.47 Å². The number of hydrogen-bond donors (Lipinski definition) is 0. The molecule has 0 aromatic carbocycles. The molecule has 3 radical (unpaired) electrons. The summed E-state index contributed by atoms with van der Waals surface area (Å²) in [5, 5.41) is 0. The van der Waals surface area contributed by atoms with Gasteiger partial charge in [0, 0.05) is 20.1 Å². The molecule has 0 aromatic rings. The maximum atomic E-state index is 5.32. The van der Waals surface area contributed by atoms with Gasteiger partial charge in [0.05, 0.1) is 0 Å². The van der Waals surface area contributed by atoms with E-state index < -0.39 is 5.41 Å². The van der Waals surface area contributed by atoms with Gasteiger partial charge in [-0.05, 0) is 12.8 Å². The minimum absolute atomic E-state index is 0.498. The highest BCUT2D eigenvalue weighted by atomic mass is 28.1. The van der Waals surface area contributed by atoms with Crippen LogP contribution in [0, 0.1) is 5.92 Å². The summed E-state index contributed by atoms with van der Waals surface area (Å²) in [5.41, 5.74) is -0.541. The van der Waals surface area contributed by atoms with Crippen LogP contribution >= 0.6 is 0 Å². The average molecular weight is 185 g/mol. The van der Waals surface area contributed by atoms with Crippen LogP contribution in [-0.2, 0) is 9.47 Å². The summed E-state index contributed by atoms with van der Waals surface area (Å²) in [6.07, 6.45) is 6.34. The SMILES string of the molecule is COC([Si])(OC)C1CCCCC1. The lowest BCUT2D eigenvalue weighted by atomic mass is 9.88. The average Bonchev–Trinajstić information content (AvgIpc) is 2.18. The first-order valence-corrected chi connectivity index (χ1v) is 5.08. The fourth-order valence-electron chi connectivity index (χ4n) is 1.90. The van der Waals surface area contributed by atoms with Crippen LogP contribution in [0.2, 0.25) is 0 Å². The Bertz CT molecular complexity index is 128. The molecular formula is C9H17O2Si. The number of rotatable bonds is 3. The predicted octanol–water partition coefficient (Wildman–Crippen LogP) is 1.68. The third-order valence-electron chi connectivity index (χ3n) is 2.75. The van der Waals surface area contributed by atoms with Crippen molar-refractivity contribution in [3.63, 3.8) is 0 Å². The molecule has 0 bridgehead atoms. The van der Waals surface area contributed by atoms with Crippen LogP contribution in [0.25, 0.3) is 0 Å². The van der Waals surface area contributed by atoms with Gasteiger partial charge in [0.15, 0.2) is 0 Å². The first kappa shape index (κ1) is 10.2. The molecule has 12 heavy (non-hydrogen) atoms. The van der Waals surface area contributed by atoms with E-state index in [0.29, 0.717) is 5.92 Å². The summed E-state index contributed by atoms with van der Waals surface area (Å²) in [6, 6.07) is 0. The van der Waals surface area contributed by atoms with Crippen LogP contribution in [0.3, 0.4) is 0 Å². The molecule has 1 rings (SSSR count). The van der Waals surface area contributed by atoms with Crippen molar-refractivity contribution in [1.82, 2.24) is 0 Å². The molecule has 3 heteroatoms. The third-order valence-corrected chi connectivity index (χ3v) is 3.57. The van der Waals surface area contributed by atoms with E-state index in [0.717, 1.165) is 0 Å². The zero-order valence-electron chi connectivity index (χ0n) is 7.93.